The van der Waals surface area contributed by atoms with E-state index in [2.05, 4.69) is 33.8 Å². The highest BCUT2D eigenvalue weighted by atomic mass is 16.5. The summed E-state index contributed by atoms with van der Waals surface area (Å²) in [5.74, 6) is 0.805. The fourth-order valence-electron chi connectivity index (χ4n) is 4.18. The number of carbonyl (C=O) groups excluding carboxylic acids is 1. The van der Waals surface area contributed by atoms with Crippen LogP contribution in [0, 0.1) is 13.8 Å². The molecule has 0 saturated heterocycles. The Hall–Kier alpha value is -2.13. The summed E-state index contributed by atoms with van der Waals surface area (Å²) < 4.78 is 10.8. The number of benzene rings is 2. The molecule has 0 fully saturated rings. The number of esters is 1. The lowest BCUT2D eigenvalue weighted by Gasteiger charge is -2.38. The van der Waals surface area contributed by atoms with Gasteiger partial charge in [0, 0.05) is 7.11 Å². The molecule has 0 N–H and O–H groups in total. The summed E-state index contributed by atoms with van der Waals surface area (Å²) in [4.78, 5) is 12.9. The van der Waals surface area contributed by atoms with Crippen LogP contribution in [0.4, 0.5) is 0 Å². The van der Waals surface area contributed by atoms with Crippen molar-refractivity contribution < 1.29 is 14.3 Å². The van der Waals surface area contributed by atoms with E-state index in [1.807, 2.05) is 31.2 Å². The second kappa shape index (κ2) is 7.47. The third-order valence-electron chi connectivity index (χ3n) is 6.04. The Labute approximate surface area is 162 Å². The van der Waals surface area contributed by atoms with Gasteiger partial charge in [-0.2, -0.15) is 0 Å². The first-order valence-electron chi connectivity index (χ1n) is 9.69. The van der Waals surface area contributed by atoms with Gasteiger partial charge in [0.1, 0.15) is 5.75 Å². The maximum Gasteiger partial charge on any atom is 0.343 e. The van der Waals surface area contributed by atoms with Crippen molar-refractivity contribution in [2.75, 3.05) is 7.11 Å². The highest BCUT2D eigenvalue weighted by Gasteiger charge is 2.34. The first-order chi connectivity index (χ1) is 12.7. The first kappa shape index (κ1) is 19.6. The number of ether oxygens (including phenoxy) is 2. The third-order valence-corrected chi connectivity index (χ3v) is 6.04. The lowest BCUT2D eigenvalue weighted by molar-refractivity contribution is 0.0733. The minimum absolute atomic E-state index is 0.0805. The van der Waals surface area contributed by atoms with Gasteiger partial charge in [-0.15, -0.1) is 0 Å². The molecule has 1 aliphatic carbocycles. The summed E-state index contributed by atoms with van der Waals surface area (Å²) in [5, 5.41) is 0. The van der Waals surface area contributed by atoms with Gasteiger partial charge in [0.15, 0.2) is 0 Å². The van der Waals surface area contributed by atoms with Gasteiger partial charge in [-0.25, -0.2) is 4.79 Å². The number of rotatable bonds is 4. The Morgan fingerprint density at radius 1 is 1.15 bits per heavy atom. The van der Waals surface area contributed by atoms with E-state index >= 15 is 0 Å². The van der Waals surface area contributed by atoms with E-state index in [4.69, 9.17) is 9.47 Å². The van der Waals surface area contributed by atoms with Crippen LogP contribution in [0.2, 0.25) is 0 Å². The molecule has 3 heteroatoms. The summed E-state index contributed by atoms with van der Waals surface area (Å²) in [7, 11) is 1.66. The summed E-state index contributed by atoms with van der Waals surface area (Å²) >= 11 is 0. The van der Waals surface area contributed by atoms with Gasteiger partial charge < -0.3 is 9.47 Å². The van der Waals surface area contributed by atoms with Crippen LogP contribution in [0.5, 0.6) is 5.75 Å². The second-order valence-corrected chi connectivity index (χ2v) is 8.43. The zero-order valence-corrected chi connectivity index (χ0v) is 17.3. The molecule has 0 bridgehead atoms. The number of fused-ring (bicyclic) bond motifs is 1. The molecule has 0 aromatic heterocycles. The highest BCUT2D eigenvalue weighted by Crippen LogP contribution is 2.45. The Balaban J connectivity index is 1.94. The van der Waals surface area contributed by atoms with Crippen molar-refractivity contribution in [3.63, 3.8) is 0 Å². The van der Waals surface area contributed by atoms with Gasteiger partial charge in [0.25, 0.3) is 0 Å². The average molecular weight is 367 g/mol. The molecule has 0 amide bonds. The molecular formula is C24H30O3. The molecule has 0 heterocycles. The van der Waals surface area contributed by atoms with Crippen LogP contribution in [-0.4, -0.2) is 13.1 Å². The fourth-order valence-corrected chi connectivity index (χ4v) is 4.18. The lowest BCUT2D eigenvalue weighted by Crippen LogP contribution is -2.28. The number of carbonyl (C=O) groups is 1. The minimum Gasteiger partial charge on any atom is -0.423 e. The molecular weight excluding hydrogens is 336 g/mol. The van der Waals surface area contributed by atoms with E-state index < -0.39 is 0 Å². The molecule has 1 unspecified atom stereocenters. The number of hydrogen-bond donors (Lipinski definition) is 0. The number of methoxy groups -OCH3 is 1. The van der Waals surface area contributed by atoms with Crippen LogP contribution >= 0.6 is 0 Å². The van der Waals surface area contributed by atoms with Gasteiger partial charge in [-0.1, -0.05) is 32.9 Å². The van der Waals surface area contributed by atoms with Gasteiger partial charge >= 0.3 is 5.97 Å². The summed E-state index contributed by atoms with van der Waals surface area (Å²) in [5.41, 5.74) is 6.78. The van der Waals surface area contributed by atoms with Crippen molar-refractivity contribution in [1.29, 1.82) is 0 Å². The van der Waals surface area contributed by atoms with E-state index in [1.54, 1.807) is 7.11 Å². The maximum atomic E-state index is 12.9. The number of hydrogen-bond acceptors (Lipinski definition) is 3. The van der Waals surface area contributed by atoms with Gasteiger partial charge in [0.05, 0.1) is 12.2 Å². The topological polar surface area (TPSA) is 35.5 Å². The molecule has 0 saturated carbocycles. The van der Waals surface area contributed by atoms with Crippen LogP contribution in [-0.2, 0) is 16.8 Å². The second-order valence-electron chi connectivity index (χ2n) is 8.43. The predicted molar refractivity (Wildman–Crippen MR) is 109 cm³/mol. The molecule has 1 atom stereocenters. The molecule has 27 heavy (non-hydrogen) atoms. The van der Waals surface area contributed by atoms with Crippen LogP contribution in [0.3, 0.4) is 0 Å². The minimum atomic E-state index is -0.285. The van der Waals surface area contributed by atoms with E-state index in [-0.39, 0.29) is 11.4 Å². The molecule has 144 valence electrons. The monoisotopic (exact) mass is 366 g/mol. The van der Waals surface area contributed by atoms with Crippen molar-refractivity contribution in [3.05, 3.63) is 63.7 Å². The molecule has 0 radical (unpaired) electrons. The Kier molecular flexibility index (Phi) is 5.43. The van der Waals surface area contributed by atoms with Crippen molar-refractivity contribution in [2.45, 2.75) is 65.4 Å². The summed E-state index contributed by atoms with van der Waals surface area (Å²) in [6.07, 6.45) is 2.33. The average Bonchev–Trinajstić information content (AvgIpc) is 2.62. The van der Waals surface area contributed by atoms with Crippen LogP contribution in [0.1, 0.15) is 77.7 Å². The van der Waals surface area contributed by atoms with Gasteiger partial charge in [0.2, 0.25) is 0 Å². The molecule has 1 aliphatic rings. The first-order valence-corrected chi connectivity index (χ1v) is 9.69. The van der Waals surface area contributed by atoms with E-state index in [0.29, 0.717) is 23.8 Å². The van der Waals surface area contributed by atoms with E-state index in [9.17, 15) is 4.79 Å². The van der Waals surface area contributed by atoms with Crippen LogP contribution in [0.15, 0.2) is 30.3 Å². The van der Waals surface area contributed by atoms with Crippen molar-refractivity contribution in [3.8, 4) is 5.75 Å². The molecule has 3 nitrogen and oxygen atoms in total. The summed E-state index contributed by atoms with van der Waals surface area (Å²) in [6, 6.07) is 9.55. The maximum absolute atomic E-state index is 12.9. The van der Waals surface area contributed by atoms with Crippen LogP contribution < -0.4 is 4.74 Å². The zero-order valence-electron chi connectivity index (χ0n) is 17.3. The normalized spacial score (nSPS) is 18.1. The molecule has 3 rings (SSSR count). The van der Waals surface area contributed by atoms with Crippen molar-refractivity contribution >= 4 is 5.97 Å². The molecule has 2 aromatic carbocycles. The van der Waals surface area contributed by atoms with Crippen molar-refractivity contribution in [2.24, 2.45) is 0 Å². The SMILES string of the molecule is COCc1ccc(OC(=O)c2cc3c(c(C)c2C)C(C)CCC3(C)C)cc1. The molecule has 0 spiro atoms. The summed E-state index contributed by atoms with van der Waals surface area (Å²) in [6.45, 7) is 11.6. The Morgan fingerprint density at radius 2 is 1.81 bits per heavy atom. The standard InChI is InChI=1S/C24H30O3/c1-15-11-12-24(4,5)21-13-20(16(2)17(3)22(15)21)23(25)27-19-9-7-18(8-10-19)14-26-6/h7-10,13,15H,11-12,14H2,1-6H3. The van der Waals surface area contributed by atoms with Crippen LogP contribution in [0.25, 0.3) is 0 Å². The zero-order chi connectivity index (χ0) is 19.8. The largest absolute Gasteiger partial charge is 0.423 e. The fraction of sp³-hybridized carbons (Fsp3) is 0.458. The lowest BCUT2D eigenvalue weighted by atomic mass is 9.67. The van der Waals surface area contributed by atoms with Gasteiger partial charge in [-0.05, 0) is 84.0 Å². The predicted octanol–water partition coefficient (Wildman–Crippen LogP) is 5.84. The molecule has 2 aromatic rings. The smallest absolute Gasteiger partial charge is 0.343 e. The van der Waals surface area contributed by atoms with E-state index in [0.717, 1.165) is 17.5 Å². The van der Waals surface area contributed by atoms with Gasteiger partial charge in [-0.3, -0.25) is 0 Å². The van der Waals surface area contributed by atoms with Crippen molar-refractivity contribution in [1.82, 2.24) is 0 Å². The van der Waals surface area contributed by atoms with E-state index in [1.165, 1.54) is 23.1 Å². The quantitative estimate of drug-likeness (QED) is 0.503. The Bertz CT molecular complexity index is 847. The molecule has 0 aliphatic heterocycles. The third kappa shape index (κ3) is 3.79. The highest BCUT2D eigenvalue weighted by molar-refractivity contribution is 5.93. The Morgan fingerprint density at radius 3 is 2.44 bits per heavy atom.